The Bertz CT molecular complexity index is 164. The Morgan fingerprint density at radius 2 is 2.08 bits per heavy atom. The van der Waals surface area contributed by atoms with Crippen molar-refractivity contribution >= 4 is 6.09 Å². The molecule has 3 heteroatoms. The van der Waals surface area contributed by atoms with Crippen LogP contribution in [0.5, 0.6) is 0 Å². The molecule has 1 aliphatic carbocycles. The third-order valence-electron chi connectivity index (χ3n) is 2.38. The fourth-order valence-corrected chi connectivity index (χ4v) is 0.925. The minimum Gasteiger partial charge on any atom is -0.446 e. The molecule has 12 heavy (non-hydrogen) atoms. The third kappa shape index (κ3) is 2.13. The highest BCUT2D eigenvalue weighted by Crippen LogP contribution is 2.22. The molecule has 0 aromatic carbocycles. The van der Waals surface area contributed by atoms with Crippen molar-refractivity contribution in [2.75, 3.05) is 7.05 Å². The first kappa shape index (κ1) is 9.36. The number of rotatable bonds is 2. The average molecular weight is 171 g/mol. The fraction of sp³-hybridized carbons (Fsp3) is 0.889. The lowest BCUT2D eigenvalue weighted by atomic mass is 9.96. The van der Waals surface area contributed by atoms with Crippen LogP contribution in [-0.2, 0) is 4.74 Å². The van der Waals surface area contributed by atoms with Crippen LogP contribution in [-0.4, -0.2) is 30.2 Å². The molecule has 0 saturated heterocycles. The molecule has 0 unspecified atom stereocenters. The molecule has 1 rings (SSSR count). The summed E-state index contributed by atoms with van der Waals surface area (Å²) in [5, 5.41) is 0. The minimum absolute atomic E-state index is 0.185. The van der Waals surface area contributed by atoms with Gasteiger partial charge in [0.1, 0.15) is 6.10 Å². The zero-order valence-electron chi connectivity index (χ0n) is 8.04. The van der Waals surface area contributed by atoms with Gasteiger partial charge in [-0.2, -0.15) is 0 Å². The minimum atomic E-state index is -0.185. The number of hydrogen-bond acceptors (Lipinski definition) is 2. The zero-order chi connectivity index (χ0) is 9.14. The molecule has 70 valence electrons. The molecule has 0 heterocycles. The first-order valence-electron chi connectivity index (χ1n) is 4.54. The van der Waals surface area contributed by atoms with Gasteiger partial charge in [-0.1, -0.05) is 0 Å². The maximum atomic E-state index is 11.3. The van der Waals surface area contributed by atoms with E-state index in [1.54, 1.807) is 11.9 Å². The predicted molar refractivity (Wildman–Crippen MR) is 47.0 cm³/mol. The van der Waals surface area contributed by atoms with Crippen molar-refractivity contribution in [3.63, 3.8) is 0 Å². The number of nitrogens with zero attached hydrogens (tertiary/aromatic N) is 1. The predicted octanol–water partition coefficient (Wildman–Crippen LogP) is 2.02. The zero-order valence-corrected chi connectivity index (χ0v) is 8.04. The lowest BCUT2D eigenvalue weighted by Crippen LogP contribution is -2.37. The van der Waals surface area contributed by atoms with Crippen LogP contribution in [0, 0.1) is 0 Å². The molecule has 0 aromatic heterocycles. The quantitative estimate of drug-likeness (QED) is 0.636. The molecular formula is C9H17NO2. The van der Waals surface area contributed by atoms with E-state index < -0.39 is 0 Å². The fourth-order valence-electron chi connectivity index (χ4n) is 0.925. The summed E-state index contributed by atoms with van der Waals surface area (Å²) in [5.41, 5.74) is 0. The van der Waals surface area contributed by atoms with Crippen LogP contribution in [0.2, 0.25) is 0 Å². The third-order valence-corrected chi connectivity index (χ3v) is 2.38. The van der Waals surface area contributed by atoms with Crippen LogP contribution >= 0.6 is 0 Å². The summed E-state index contributed by atoms with van der Waals surface area (Å²) in [6.07, 6.45) is 3.28. The molecule has 0 N–H and O–H groups in total. The van der Waals surface area contributed by atoms with E-state index in [1.807, 2.05) is 13.8 Å². The molecule has 0 aromatic rings. The summed E-state index contributed by atoms with van der Waals surface area (Å²) in [6.45, 7) is 3.95. The maximum absolute atomic E-state index is 11.3. The highest BCUT2D eigenvalue weighted by Gasteiger charge is 2.24. The van der Waals surface area contributed by atoms with E-state index in [4.69, 9.17) is 4.74 Å². The van der Waals surface area contributed by atoms with Gasteiger partial charge < -0.3 is 9.64 Å². The van der Waals surface area contributed by atoms with Crippen molar-refractivity contribution in [1.82, 2.24) is 4.90 Å². The number of carbonyl (C=O) groups is 1. The van der Waals surface area contributed by atoms with Gasteiger partial charge in [0.2, 0.25) is 0 Å². The molecule has 0 radical (unpaired) electrons. The second-order valence-corrected chi connectivity index (χ2v) is 3.64. The normalized spacial score (nSPS) is 17.3. The van der Waals surface area contributed by atoms with Crippen LogP contribution in [0.4, 0.5) is 4.79 Å². The van der Waals surface area contributed by atoms with Crippen LogP contribution in [0.25, 0.3) is 0 Å². The van der Waals surface area contributed by atoms with Gasteiger partial charge in [-0.25, -0.2) is 4.79 Å². The lowest BCUT2D eigenvalue weighted by Gasteiger charge is -2.29. The summed E-state index contributed by atoms with van der Waals surface area (Å²) in [6, 6.07) is 0.220. The van der Waals surface area contributed by atoms with Gasteiger partial charge >= 0.3 is 6.09 Å². The smallest absolute Gasteiger partial charge is 0.410 e. The number of amides is 1. The van der Waals surface area contributed by atoms with Crippen LogP contribution in [0.1, 0.15) is 33.1 Å². The second kappa shape index (κ2) is 3.78. The summed E-state index contributed by atoms with van der Waals surface area (Å²) < 4.78 is 5.20. The van der Waals surface area contributed by atoms with Crippen LogP contribution in [0.15, 0.2) is 0 Å². The van der Waals surface area contributed by atoms with Crippen molar-refractivity contribution in [3.05, 3.63) is 0 Å². The maximum Gasteiger partial charge on any atom is 0.410 e. The van der Waals surface area contributed by atoms with Crippen molar-refractivity contribution in [2.24, 2.45) is 0 Å². The van der Waals surface area contributed by atoms with Crippen LogP contribution < -0.4 is 0 Å². The summed E-state index contributed by atoms with van der Waals surface area (Å²) in [5.74, 6) is 0. The standard InChI is InChI=1S/C9H17NO2/c1-7(2)10(3)9(11)12-8-5-4-6-8/h7-8H,4-6H2,1-3H3. The van der Waals surface area contributed by atoms with E-state index >= 15 is 0 Å². The van der Waals surface area contributed by atoms with Gasteiger partial charge in [0, 0.05) is 13.1 Å². The van der Waals surface area contributed by atoms with E-state index in [1.165, 1.54) is 6.42 Å². The monoisotopic (exact) mass is 171 g/mol. The molecule has 1 aliphatic rings. The molecular weight excluding hydrogens is 154 g/mol. The molecule has 0 atom stereocenters. The lowest BCUT2D eigenvalue weighted by molar-refractivity contribution is 0.0267. The van der Waals surface area contributed by atoms with Crippen molar-refractivity contribution in [1.29, 1.82) is 0 Å². The van der Waals surface area contributed by atoms with Crippen molar-refractivity contribution in [2.45, 2.75) is 45.3 Å². The van der Waals surface area contributed by atoms with Crippen LogP contribution in [0.3, 0.4) is 0 Å². The Morgan fingerprint density at radius 1 is 1.50 bits per heavy atom. The van der Waals surface area contributed by atoms with E-state index in [9.17, 15) is 4.79 Å². The van der Waals surface area contributed by atoms with Gasteiger partial charge in [-0.15, -0.1) is 0 Å². The molecule has 1 amide bonds. The van der Waals surface area contributed by atoms with Gasteiger partial charge in [0.15, 0.2) is 0 Å². The Balaban J connectivity index is 2.26. The molecule has 3 nitrogen and oxygen atoms in total. The molecule has 1 saturated carbocycles. The highest BCUT2D eigenvalue weighted by atomic mass is 16.6. The topological polar surface area (TPSA) is 29.5 Å². The molecule has 1 fully saturated rings. The summed E-state index contributed by atoms with van der Waals surface area (Å²) >= 11 is 0. The van der Waals surface area contributed by atoms with Gasteiger partial charge in [0.25, 0.3) is 0 Å². The average Bonchev–Trinajstić information content (AvgIpc) is 1.94. The van der Waals surface area contributed by atoms with E-state index in [0.717, 1.165) is 12.8 Å². The highest BCUT2D eigenvalue weighted by molar-refractivity contribution is 5.67. The number of carbonyl (C=O) groups excluding carboxylic acids is 1. The Morgan fingerprint density at radius 3 is 2.42 bits per heavy atom. The number of ether oxygens (including phenoxy) is 1. The van der Waals surface area contributed by atoms with Gasteiger partial charge in [0.05, 0.1) is 0 Å². The molecule has 0 bridgehead atoms. The number of hydrogen-bond donors (Lipinski definition) is 0. The van der Waals surface area contributed by atoms with Gasteiger partial charge in [-0.05, 0) is 33.1 Å². The molecule has 0 aliphatic heterocycles. The van der Waals surface area contributed by atoms with E-state index in [2.05, 4.69) is 0 Å². The summed E-state index contributed by atoms with van der Waals surface area (Å²) in [7, 11) is 1.77. The van der Waals surface area contributed by atoms with E-state index in [-0.39, 0.29) is 18.2 Å². The Hall–Kier alpha value is -0.730. The van der Waals surface area contributed by atoms with Gasteiger partial charge in [-0.3, -0.25) is 0 Å². The van der Waals surface area contributed by atoms with E-state index in [0.29, 0.717) is 0 Å². The summed E-state index contributed by atoms with van der Waals surface area (Å²) in [4.78, 5) is 12.9. The molecule has 0 spiro atoms. The Kier molecular flexibility index (Phi) is 2.95. The van der Waals surface area contributed by atoms with Crippen molar-refractivity contribution in [3.8, 4) is 0 Å². The van der Waals surface area contributed by atoms with Crippen molar-refractivity contribution < 1.29 is 9.53 Å². The first-order chi connectivity index (χ1) is 5.61. The first-order valence-corrected chi connectivity index (χ1v) is 4.54. The SMILES string of the molecule is CC(C)N(C)C(=O)OC1CCC1. The Labute approximate surface area is 73.7 Å². The second-order valence-electron chi connectivity index (χ2n) is 3.64. The largest absolute Gasteiger partial charge is 0.446 e.